The van der Waals surface area contributed by atoms with Crippen LogP contribution in [0.4, 0.5) is 0 Å². The van der Waals surface area contributed by atoms with Gasteiger partial charge in [-0.1, -0.05) is 11.3 Å². The Kier molecular flexibility index (Phi) is 4.86. The van der Waals surface area contributed by atoms with Crippen LogP contribution in [0.1, 0.15) is 10.6 Å². The van der Waals surface area contributed by atoms with Crippen LogP contribution in [0.5, 0.6) is 0 Å². The first-order valence-electron chi connectivity index (χ1n) is 6.02. The molecule has 0 saturated carbocycles. The van der Waals surface area contributed by atoms with Gasteiger partial charge in [-0.15, -0.1) is 16.4 Å². The summed E-state index contributed by atoms with van der Waals surface area (Å²) in [5.41, 5.74) is 0.985. The van der Waals surface area contributed by atoms with Gasteiger partial charge in [0, 0.05) is 30.7 Å². The molecule has 0 unspecified atom stereocenters. The van der Waals surface area contributed by atoms with Crippen molar-refractivity contribution in [3.63, 3.8) is 0 Å². The quantitative estimate of drug-likeness (QED) is 0.817. The number of hydrogen-bond acceptors (Lipinski definition) is 5. The van der Waals surface area contributed by atoms with Crippen molar-refractivity contribution >= 4 is 11.3 Å². The largest absolute Gasteiger partial charge is 0.314 e. The molecule has 2 aromatic heterocycles. The number of likely N-dealkylation sites (N-methyl/N-ethyl adjacent to an activating group) is 1. The minimum Gasteiger partial charge on any atom is -0.314 e. The molecule has 0 fully saturated rings. The standard InChI is InChI=1S/C12H19N5S/c1-13-8-11-9-17(15-14-11)6-5-16(2)10-12-4-3-7-18-12/h3-4,7,9,13H,5-6,8,10H2,1-2H3. The zero-order chi connectivity index (χ0) is 12.8. The van der Waals surface area contributed by atoms with E-state index in [-0.39, 0.29) is 0 Å². The van der Waals surface area contributed by atoms with Gasteiger partial charge in [-0.2, -0.15) is 0 Å². The Hall–Kier alpha value is -1.24. The SMILES string of the molecule is CNCc1cn(CCN(C)Cc2cccs2)nn1. The van der Waals surface area contributed by atoms with Crippen LogP contribution in [-0.2, 0) is 19.6 Å². The second-order valence-corrected chi connectivity index (χ2v) is 5.35. The van der Waals surface area contributed by atoms with Gasteiger partial charge in [-0.3, -0.25) is 9.58 Å². The average Bonchev–Trinajstić information content (AvgIpc) is 2.99. The third kappa shape index (κ3) is 3.90. The Morgan fingerprint density at radius 3 is 3.11 bits per heavy atom. The van der Waals surface area contributed by atoms with Crippen molar-refractivity contribution in [3.8, 4) is 0 Å². The van der Waals surface area contributed by atoms with E-state index < -0.39 is 0 Å². The van der Waals surface area contributed by atoms with E-state index in [0.717, 1.165) is 31.9 Å². The molecule has 0 aliphatic carbocycles. The van der Waals surface area contributed by atoms with Gasteiger partial charge in [0.25, 0.3) is 0 Å². The summed E-state index contributed by atoms with van der Waals surface area (Å²) in [7, 11) is 4.04. The van der Waals surface area contributed by atoms with E-state index in [1.54, 1.807) is 11.3 Å². The van der Waals surface area contributed by atoms with Crippen LogP contribution in [0.2, 0.25) is 0 Å². The fourth-order valence-electron chi connectivity index (χ4n) is 1.73. The van der Waals surface area contributed by atoms with Crippen LogP contribution in [0.15, 0.2) is 23.7 Å². The number of rotatable bonds is 7. The lowest BCUT2D eigenvalue weighted by atomic mass is 10.4. The van der Waals surface area contributed by atoms with Gasteiger partial charge >= 0.3 is 0 Å². The average molecular weight is 265 g/mol. The van der Waals surface area contributed by atoms with Crippen molar-refractivity contribution in [2.45, 2.75) is 19.6 Å². The summed E-state index contributed by atoms with van der Waals surface area (Å²) in [6.45, 7) is 3.61. The van der Waals surface area contributed by atoms with Crippen molar-refractivity contribution in [1.29, 1.82) is 0 Å². The molecule has 2 heterocycles. The van der Waals surface area contributed by atoms with Crippen LogP contribution in [0.3, 0.4) is 0 Å². The highest BCUT2D eigenvalue weighted by Gasteiger charge is 2.03. The maximum atomic E-state index is 4.11. The lowest BCUT2D eigenvalue weighted by Crippen LogP contribution is -2.22. The molecule has 0 spiro atoms. The van der Waals surface area contributed by atoms with E-state index in [2.05, 4.69) is 45.1 Å². The van der Waals surface area contributed by atoms with Crippen molar-refractivity contribution in [2.24, 2.45) is 0 Å². The Morgan fingerprint density at radius 1 is 1.50 bits per heavy atom. The molecule has 2 aromatic rings. The van der Waals surface area contributed by atoms with Crippen molar-refractivity contribution < 1.29 is 0 Å². The molecule has 0 aromatic carbocycles. The fraction of sp³-hybridized carbons (Fsp3) is 0.500. The molecular formula is C12H19N5S. The topological polar surface area (TPSA) is 46.0 Å². The summed E-state index contributed by atoms with van der Waals surface area (Å²) >= 11 is 1.80. The predicted molar refractivity (Wildman–Crippen MR) is 73.4 cm³/mol. The van der Waals surface area contributed by atoms with Crippen LogP contribution >= 0.6 is 11.3 Å². The molecule has 18 heavy (non-hydrogen) atoms. The molecule has 6 heteroatoms. The van der Waals surface area contributed by atoms with Gasteiger partial charge in [0.2, 0.25) is 0 Å². The van der Waals surface area contributed by atoms with E-state index in [9.17, 15) is 0 Å². The number of hydrogen-bond donors (Lipinski definition) is 1. The van der Waals surface area contributed by atoms with E-state index in [1.165, 1.54) is 4.88 Å². The molecule has 0 atom stereocenters. The number of nitrogens with one attached hydrogen (secondary N) is 1. The van der Waals surface area contributed by atoms with Gasteiger partial charge in [0.05, 0.1) is 12.2 Å². The number of aromatic nitrogens is 3. The fourth-order valence-corrected chi connectivity index (χ4v) is 2.51. The molecule has 0 radical (unpaired) electrons. The molecule has 0 aliphatic rings. The molecule has 0 aliphatic heterocycles. The Bertz CT molecular complexity index is 451. The Balaban J connectivity index is 1.76. The maximum Gasteiger partial charge on any atom is 0.0964 e. The normalized spacial score (nSPS) is 11.3. The van der Waals surface area contributed by atoms with Crippen LogP contribution in [0, 0.1) is 0 Å². The third-order valence-electron chi connectivity index (χ3n) is 2.66. The van der Waals surface area contributed by atoms with Crippen molar-refractivity contribution in [1.82, 2.24) is 25.2 Å². The van der Waals surface area contributed by atoms with Gasteiger partial charge in [-0.25, -0.2) is 0 Å². The summed E-state index contributed by atoms with van der Waals surface area (Å²) in [4.78, 5) is 3.69. The number of thiophene rings is 1. The zero-order valence-electron chi connectivity index (χ0n) is 10.8. The lowest BCUT2D eigenvalue weighted by molar-refractivity contribution is 0.306. The highest BCUT2D eigenvalue weighted by Crippen LogP contribution is 2.10. The monoisotopic (exact) mass is 265 g/mol. The molecule has 0 amide bonds. The Labute approximate surface area is 111 Å². The molecule has 0 saturated heterocycles. The molecule has 1 N–H and O–H groups in total. The van der Waals surface area contributed by atoms with Crippen LogP contribution in [0.25, 0.3) is 0 Å². The van der Waals surface area contributed by atoms with Crippen LogP contribution in [-0.4, -0.2) is 40.5 Å². The van der Waals surface area contributed by atoms with Gasteiger partial charge in [0.15, 0.2) is 0 Å². The van der Waals surface area contributed by atoms with Crippen molar-refractivity contribution in [3.05, 3.63) is 34.3 Å². The minimum atomic E-state index is 0.769. The maximum absolute atomic E-state index is 4.11. The molecule has 2 rings (SSSR count). The molecule has 5 nitrogen and oxygen atoms in total. The molecule has 0 bridgehead atoms. The van der Waals surface area contributed by atoms with E-state index in [1.807, 2.05) is 17.9 Å². The molecule has 98 valence electrons. The smallest absolute Gasteiger partial charge is 0.0964 e. The van der Waals surface area contributed by atoms with E-state index in [0.29, 0.717) is 0 Å². The van der Waals surface area contributed by atoms with E-state index >= 15 is 0 Å². The first-order valence-corrected chi connectivity index (χ1v) is 6.90. The number of nitrogens with zero attached hydrogens (tertiary/aromatic N) is 4. The first kappa shape index (κ1) is 13.2. The third-order valence-corrected chi connectivity index (χ3v) is 3.52. The van der Waals surface area contributed by atoms with E-state index in [4.69, 9.17) is 0 Å². The van der Waals surface area contributed by atoms with Gasteiger partial charge in [0.1, 0.15) is 0 Å². The summed E-state index contributed by atoms with van der Waals surface area (Å²) < 4.78 is 1.90. The summed E-state index contributed by atoms with van der Waals surface area (Å²) in [6, 6.07) is 4.26. The zero-order valence-corrected chi connectivity index (χ0v) is 11.7. The predicted octanol–water partition coefficient (Wildman–Crippen LogP) is 1.19. The lowest BCUT2D eigenvalue weighted by Gasteiger charge is -2.14. The first-order chi connectivity index (χ1) is 8.78. The van der Waals surface area contributed by atoms with Crippen LogP contribution < -0.4 is 5.32 Å². The van der Waals surface area contributed by atoms with Crippen molar-refractivity contribution in [2.75, 3.05) is 20.6 Å². The van der Waals surface area contributed by atoms with Gasteiger partial charge < -0.3 is 5.32 Å². The minimum absolute atomic E-state index is 0.769. The summed E-state index contributed by atoms with van der Waals surface area (Å²) in [5, 5.41) is 13.4. The highest BCUT2D eigenvalue weighted by atomic mass is 32.1. The second-order valence-electron chi connectivity index (χ2n) is 4.32. The summed E-state index contributed by atoms with van der Waals surface area (Å²) in [6.07, 6.45) is 2.00. The Morgan fingerprint density at radius 2 is 2.39 bits per heavy atom. The molecular weight excluding hydrogens is 246 g/mol. The second kappa shape index (κ2) is 6.63. The summed E-state index contributed by atoms with van der Waals surface area (Å²) in [5.74, 6) is 0. The van der Waals surface area contributed by atoms with Gasteiger partial charge in [-0.05, 0) is 25.5 Å². The highest BCUT2D eigenvalue weighted by molar-refractivity contribution is 7.09.